The number of nitrogens with zero attached hydrogens (tertiary/aromatic N) is 1. The number of hydrogen-bond donors (Lipinski definition) is 0. The molecule has 0 aromatic carbocycles. The van der Waals surface area contributed by atoms with Crippen molar-refractivity contribution in [2.45, 2.75) is 31.2 Å². The number of rotatable bonds is 5. The van der Waals surface area contributed by atoms with Crippen LogP contribution in [0.1, 0.15) is 26.2 Å². The molecule has 1 rings (SSSR count). The Bertz CT molecular complexity index is 331. The topological polar surface area (TPSA) is 12.9 Å². The Hall–Kier alpha value is -0.710. The molecule has 0 aliphatic rings. The van der Waals surface area contributed by atoms with E-state index in [-0.39, 0.29) is 5.03 Å². The highest BCUT2D eigenvalue weighted by molar-refractivity contribution is 7.99. The third kappa shape index (κ3) is 3.74. The van der Waals surface area contributed by atoms with Crippen molar-refractivity contribution in [3.63, 3.8) is 0 Å². The van der Waals surface area contributed by atoms with Gasteiger partial charge in [0.25, 0.3) is 0 Å². The zero-order valence-electron chi connectivity index (χ0n) is 8.40. The van der Waals surface area contributed by atoms with Crippen LogP contribution in [0.3, 0.4) is 0 Å². The van der Waals surface area contributed by atoms with Gasteiger partial charge in [-0.1, -0.05) is 19.8 Å². The summed E-state index contributed by atoms with van der Waals surface area (Å²) in [5.74, 6) is -2.61. The normalized spacial score (nSPS) is 10.7. The van der Waals surface area contributed by atoms with Crippen LogP contribution >= 0.6 is 11.8 Å². The first-order valence-corrected chi connectivity index (χ1v) is 5.78. The van der Waals surface area contributed by atoms with Crippen molar-refractivity contribution in [3.05, 3.63) is 23.6 Å². The van der Waals surface area contributed by atoms with Gasteiger partial charge in [0, 0.05) is 6.07 Å². The summed E-state index contributed by atoms with van der Waals surface area (Å²) >= 11 is 1.12. The van der Waals surface area contributed by atoms with E-state index in [2.05, 4.69) is 11.9 Å². The first kappa shape index (κ1) is 12.4. The molecule has 0 bridgehead atoms. The standard InChI is InChI=1S/C10H12F3NS/c1-2-3-4-5-15-10-8(12)6-7(11)9(13)14-10/h6H,2-5H2,1H3. The number of halogens is 3. The maximum atomic E-state index is 13.0. The molecule has 1 aromatic rings. The second-order valence-electron chi connectivity index (χ2n) is 3.10. The van der Waals surface area contributed by atoms with Gasteiger partial charge in [0.05, 0.1) is 0 Å². The van der Waals surface area contributed by atoms with Crippen LogP contribution in [-0.4, -0.2) is 10.7 Å². The lowest BCUT2D eigenvalue weighted by Gasteiger charge is -2.02. The van der Waals surface area contributed by atoms with Crippen molar-refractivity contribution >= 4 is 11.8 Å². The van der Waals surface area contributed by atoms with Gasteiger partial charge in [0.15, 0.2) is 11.6 Å². The molecule has 0 radical (unpaired) electrons. The Morgan fingerprint density at radius 2 is 1.93 bits per heavy atom. The van der Waals surface area contributed by atoms with Gasteiger partial charge in [0.2, 0.25) is 5.95 Å². The van der Waals surface area contributed by atoms with Gasteiger partial charge in [-0.3, -0.25) is 0 Å². The third-order valence-corrected chi connectivity index (χ3v) is 2.89. The average molecular weight is 235 g/mol. The molecule has 1 heterocycles. The molecule has 0 atom stereocenters. The maximum absolute atomic E-state index is 13.0. The molecule has 0 fully saturated rings. The number of unbranched alkanes of at least 4 members (excludes halogenated alkanes) is 2. The largest absolute Gasteiger partial charge is 0.250 e. The van der Waals surface area contributed by atoms with Crippen molar-refractivity contribution in [2.75, 3.05) is 5.75 Å². The highest BCUT2D eigenvalue weighted by Gasteiger charge is 2.11. The van der Waals surface area contributed by atoms with Gasteiger partial charge < -0.3 is 0 Å². The first-order valence-electron chi connectivity index (χ1n) is 4.79. The van der Waals surface area contributed by atoms with E-state index >= 15 is 0 Å². The molecule has 0 aliphatic heterocycles. The van der Waals surface area contributed by atoms with Crippen LogP contribution < -0.4 is 0 Å². The molecular weight excluding hydrogens is 223 g/mol. The van der Waals surface area contributed by atoms with E-state index in [1.807, 2.05) is 0 Å². The summed E-state index contributed by atoms with van der Waals surface area (Å²) in [5.41, 5.74) is 0. The Morgan fingerprint density at radius 1 is 1.20 bits per heavy atom. The molecule has 1 nitrogen and oxygen atoms in total. The van der Waals surface area contributed by atoms with Crippen LogP contribution in [0.15, 0.2) is 11.1 Å². The molecule has 5 heteroatoms. The van der Waals surface area contributed by atoms with Crippen LogP contribution in [0, 0.1) is 17.6 Å². The summed E-state index contributed by atoms with van der Waals surface area (Å²) in [6, 6.07) is 0.532. The van der Waals surface area contributed by atoms with Gasteiger partial charge in [-0.15, -0.1) is 11.8 Å². The summed E-state index contributed by atoms with van der Waals surface area (Å²) in [7, 11) is 0. The average Bonchev–Trinajstić information content (AvgIpc) is 2.20. The highest BCUT2D eigenvalue weighted by atomic mass is 32.2. The van der Waals surface area contributed by atoms with Gasteiger partial charge >= 0.3 is 0 Å². The van der Waals surface area contributed by atoms with E-state index < -0.39 is 17.6 Å². The molecular formula is C10H12F3NS. The van der Waals surface area contributed by atoms with Gasteiger partial charge in [0.1, 0.15) is 5.03 Å². The number of aromatic nitrogens is 1. The SMILES string of the molecule is CCCCCSc1nc(F)c(F)cc1F. The van der Waals surface area contributed by atoms with E-state index in [4.69, 9.17) is 0 Å². The van der Waals surface area contributed by atoms with Crippen LogP contribution in [0.25, 0.3) is 0 Å². The Labute approximate surface area is 91.1 Å². The van der Waals surface area contributed by atoms with Crippen molar-refractivity contribution in [1.29, 1.82) is 0 Å². The second-order valence-corrected chi connectivity index (χ2v) is 4.19. The van der Waals surface area contributed by atoms with Crippen molar-refractivity contribution in [2.24, 2.45) is 0 Å². The molecule has 15 heavy (non-hydrogen) atoms. The number of pyridine rings is 1. The quantitative estimate of drug-likeness (QED) is 0.437. The minimum atomic E-state index is -1.24. The van der Waals surface area contributed by atoms with Crippen molar-refractivity contribution in [1.82, 2.24) is 4.98 Å². The number of thioether (sulfide) groups is 1. The van der Waals surface area contributed by atoms with Gasteiger partial charge in [-0.2, -0.15) is 4.39 Å². The zero-order chi connectivity index (χ0) is 11.3. The van der Waals surface area contributed by atoms with Gasteiger partial charge in [-0.05, 0) is 12.2 Å². The fraction of sp³-hybridized carbons (Fsp3) is 0.500. The molecule has 0 spiro atoms. The zero-order valence-corrected chi connectivity index (χ0v) is 9.21. The van der Waals surface area contributed by atoms with Gasteiger partial charge in [-0.25, -0.2) is 13.8 Å². The summed E-state index contributed by atoms with van der Waals surface area (Å²) in [6.07, 6.45) is 3.02. The molecule has 0 saturated carbocycles. The third-order valence-electron chi connectivity index (χ3n) is 1.84. The summed E-state index contributed by atoms with van der Waals surface area (Å²) < 4.78 is 38.2. The lowest BCUT2D eigenvalue weighted by molar-refractivity contribution is 0.448. The lowest BCUT2D eigenvalue weighted by Crippen LogP contribution is -1.96. The molecule has 84 valence electrons. The second kappa shape index (κ2) is 6.00. The fourth-order valence-electron chi connectivity index (χ4n) is 1.05. The number of hydrogen-bond acceptors (Lipinski definition) is 2. The smallest absolute Gasteiger partial charge is 0.208 e. The van der Waals surface area contributed by atoms with E-state index in [9.17, 15) is 13.2 Å². The van der Waals surface area contributed by atoms with E-state index in [0.717, 1.165) is 31.0 Å². The van der Waals surface area contributed by atoms with Crippen LogP contribution in [0.4, 0.5) is 13.2 Å². The minimum absolute atomic E-state index is 0.0648. The minimum Gasteiger partial charge on any atom is -0.208 e. The van der Waals surface area contributed by atoms with Crippen molar-refractivity contribution < 1.29 is 13.2 Å². The van der Waals surface area contributed by atoms with E-state index in [0.29, 0.717) is 11.8 Å². The Morgan fingerprint density at radius 3 is 2.60 bits per heavy atom. The van der Waals surface area contributed by atoms with Crippen molar-refractivity contribution in [3.8, 4) is 0 Å². The Balaban J connectivity index is 2.57. The van der Waals surface area contributed by atoms with E-state index in [1.54, 1.807) is 0 Å². The van der Waals surface area contributed by atoms with E-state index in [1.165, 1.54) is 0 Å². The summed E-state index contributed by atoms with van der Waals surface area (Å²) in [6.45, 7) is 2.06. The molecule has 0 amide bonds. The summed E-state index contributed by atoms with van der Waals surface area (Å²) in [4.78, 5) is 3.22. The molecule has 1 aromatic heterocycles. The first-order chi connectivity index (χ1) is 7.15. The Kier molecular flexibility index (Phi) is 4.94. The monoisotopic (exact) mass is 235 g/mol. The van der Waals surface area contributed by atoms with Crippen LogP contribution in [0.2, 0.25) is 0 Å². The molecule has 0 aliphatic carbocycles. The molecule has 0 unspecified atom stereocenters. The highest BCUT2D eigenvalue weighted by Crippen LogP contribution is 2.22. The fourth-order valence-corrected chi connectivity index (χ4v) is 1.93. The molecule has 0 saturated heterocycles. The van der Waals surface area contributed by atoms with Crippen LogP contribution in [-0.2, 0) is 0 Å². The van der Waals surface area contributed by atoms with Crippen LogP contribution in [0.5, 0.6) is 0 Å². The maximum Gasteiger partial charge on any atom is 0.250 e. The predicted octanol–water partition coefficient (Wildman–Crippen LogP) is 3.78. The molecule has 0 N–H and O–H groups in total. The lowest BCUT2D eigenvalue weighted by atomic mass is 10.3. The summed E-state index contributed by atoms with van der Waals surface area (Å²) in [5, 5.41) is -0.0648. The predicted molar refractivity (Wildman–Crippen MR) is 54.4 cm³/mol.